The third kappa shape index (κ3) is 3.64. The smallest absolute Gasteiger partial charge is 0.249 e. The number of nitrogens with zero attached hydrogens (tertiary/aromatic N) is 2. The van der Waals surface area contributed by atoms with Gasteiger partial charge >= 0.3 is 0 Å². The number of carbonyl (C=O) groups excluding carboxylic acids is 2. The van der Waals surface area contributed by atoms with E-state index in [0.29, 0.717) is 25.2 Å². The van der Waals surface area contributed by atoms with Crippen molar-refractivity contribution in [2.24, 2.45) is 5.41 Å². The maximum atomic E-state index is 13.3. The summed E-state index contributed by atoms with van der Waals surface area (Å²) in [5.74, 6) is -0.546. The number of hydrogen-bond acceptors (Lipinski definition) is 2. The van der Waals surface area contributed by atoms with Crippen LogP contribution < -0.4 is 4.90 Å². The van der Waals surface area contributed by atoms with Crippen LogP contribution in [0.5, 0.6) is 0 Å². The van der Waals surface area contributed by atoms with E-state index in [1.807, 2.05) is 20.8 Å². The highest BCUT2D eigenvalue weighted by Crippen LogP contribution is 2.25. The molecule has 0 aromatic heterocycles. The normalized spacial score (nSPS) is 19.5. The second-order valence-corrected chi connectivity index (χ2v) is 6.97. The molecule has 1 saturated heterocycles. The summed E-state index contributed by atoms with van der Waals surface area (Å²) in [6.45, 7) is 8.59. The molecule has 4 nitrogen and oxygen atoms in total. The summed E-state index contributed by atoms with van der Waals surface area (Å²) in [6, 6.07) is 5.46. The van der Waals surface area contributed by atoms with Crippen molar-refractivity contribution in [2.45, 2.75) is 40.2 Å². The second-order valence-electron chi connectivity index (χ2n) is 6.97. The van der Waals surface area contributed by atoms with Gasteiger partial charge in [0.15, 0.2) is 0 Å². The van der Waals surface area contributed by atoms with E-state index in [4.69, 9.17) is 0 Å². The molecule has 22 heavy (non-hydrogen) atoms. The fraction of sp³-hybridized carbons (Fsp3) is 0.529. The minimum absolute atomic E-state index is 0.00718. The van der Waals surface area contributed by atoms with E-state index in [-0.39, 0.29) is 23.0 Å². The summed E-state index contributed by atoms with van der Waals surface area (Å²) < 4.78 is 13.3. The number of anilines is 1. The highest BCUT2D eigenvalue weighted by Gasteiger charge is 2.35. The first-order valence-corrected chi connectivity index (χ1v) is 7.55. The van der Waals surface area contributed by atoms with Crippen LogP contribution in [0.3, 0.4) is 0 Å². The summed E-state index contributed by atoms with van der Waals surface area (Å²) in [6.07, 6.45) is 0.407. The Morgan fingerprint density at radius 3 is 2.59 bits per heavy atom. The number of hydrogen-bond donors (Lipinski definition) is 0. The summed E-state index contributed by atoms with van der Waals surface area (Å²) in [5.41, 5.74) is 0.430. The highest BCUT2D eigenvalue weighted by molar-refractivity contribution is 6.00. The Morgan fingerprint density at radius 1 is 1.32 bits per heavy atom. The third-order valence-corrected chi connectivity index (χ3v) is 3.78. The Hall–Kier alpha value is -1.91. The van der Waals surface area contributed by atoms with Crippen LogP contribution in [0.4, 0.5) is 10.1 Å². The molecule has 0 radical (unpaired) electrons. The lowest BCUT2D eigenvalue weighted by Crippen LogP contribution is -2.58. The van der Waals surface area contributed by atoms with Gasteiger partial charge in [-0.1, -0.05) is 26.8 Å². The fourth-order valence-corrected chi connectivity index (χ4v) is 2.67. The molecular formula is C17H23FN2O2. The van der Waals surface area contributed by atoms with Crippen molar-refractivity contribution >= 4 is 17.5 Å². The first-order valence-electron chi connectivity index (χ1n) is 7.55. The molecule has 1 fully saturated rings. The van der Waals surface area contributed by atoms with Crippen LogP contribution >= 0.6 is 0 Å². The number of amides is 2. The summed E-state index contributed by atoms with van der Waals surface area (Å²) in [7, 11) is 0. The molecule has 1 aliphatic rings. The summed E-state index contributed by atoms with van der Waals surface area (Å²) >= 11 is 0. The van der Waals surface area contributed by atoms with Crippen molar-refractivity contribution in [3.63, 3.8) is 0 Å². The van der Waals surface area contributed by atoms with Crippen molar-refractivity contribution in [1.82, 2.24) is 4.90 Å². The minimum atomic E-state index is -0.521. The van der Waals surface area contributed by atoms with Gasteiger partial charge in [-0.2, -0.15) is 0 Å². The first kappa shape index (κ1) is 16.5. The van der Waals surface area contributed by atoms with Crippen molar-refractivity contribution in [2.75, 3.05) is 18.0 Å². The van der Waals surface area contributed by atoms with E-state index in [1.165, 1.54) is 12.1 Å². The number of carbonyl (C=O) groups is 2. The zero-order chi connectivity index (χ0) is 16.5. The van der Waals surface area contributed by atoms with E-state index < -0.39 is 6.04 Å². The SMILES string of the molecule is C[C@@H]1C(=O)N(c2cccc(F)c2)CCN1C(=O)CC(C)(C)C. The first-order chi connectivity index (χ1) is 10.2. The fourth-order valence-electron chi connectivity index (χ4n) is 2.67. The lowest BCUT2D eigenvalue weighted by molar-refractivity contribution is -0.142. The molecule has 0 unspecified atom stereocenters. The Balaban J connectivity index is 2.13. The van der Waals surface area contributed by atoms with E-state index in [9.17, 15) is 14.0 Å². The molecule has 1 aromatic carbocycles. The van der Waals surface area contributed by atoms with Crippen LogP contribution in [0.1, 0.15) is 34.1 Å². The lowest BCUT2D eigenvalue weighted by Gasteiger charge is -2.40. The summed E-state index contributed by atoms with van der Waals surface area (Å²) in [4.78, 5) is 28.1. The molecule has 0 saturated carbocycles. The molecule has 1 heterocycles. The average Bonchev–Trinajstić information content (AvgIpc) is 2.39. The monoisotopic (exact) mass is 306 g/mol. The van der Waals surface area contributed by atoms with Crippen LogP contribution in [-0.4, -0.2) is 35.8 Å². The molecule has 5 heteroatoms. The highest BCUT2D eigenvalue weighted by atomic mass is 19.1. The third-order valence-electron chi connectivity index (χ3n) is 3.78. The largest absolute Gasteiger partial charge is 0.329 e. The predicted octanol–water partition coefficient (Wildman–Crippen LogP) is 2.83. The van der Waals surface area contributed by atoms with Crippen LogP contribution in [0, 0.1) is 11.2 Å². The quantitative estimate of drug-likeness (QED) is 0.843. The molecule has 120 valence electrons. The maximum absolute atomic E-state index is 13.3. The lowest BCUT2D eigenvalue weighted by atomic mass is 9.91. The van der Waals surface area contributed by atoms with E-state index in [2.05, 4.69) is 0 Å². The molecule has 1 aromatic rings. The molecule has 1 atom stereocenters. The van der Waals surface area contributed by atoms with Crippen LogP contribution in [0.15, 0.2) is 24.3 Å². The van der Waals surface area contributed by atoms with Crippen molar-refractivity contribution in [1.29, 1.82) is 0 Å². The van der Waals surface area contributed by atoms with E-state index >= 15 is 0 Å². The van der Waals surface area contributed by atoms with Crippen LogP contribution in [0.2, 0.25) is 0 Å². The molecule has 2 amide bonds. The molecular weight excluding hydrogens is 283 g/mol. The van der Waals surface area contributed by atoms with Gasteiger partial charge in [0.25, 0.3) is 0 Å². The zero-order valence-corrected chi connectivity index (χ0v) is 13.6. The Bertz CT molecular complexity index is 580. The molecule has 2 rings (SSSR count). The van der Waals surface area contributed by atoms with Crippen molar-refractivity contribution in [3.05, 3.63) is 30.1 Å². The van der Waals surface area contributed by atoms with Gasteiger partial charge in [-0.3, -0.25) is 9.59 Å². The Kier molecular flexibility index (Phi) is 4.54. The molecule has 1 aliphatic heterocycles. The average molecular weight is 306 g/mol. The van der Waals surface area contributed by atoms with Gasteiger partial charge in [0.1, 0.15) is 11.9 Å². The molecule has 0 aliphatic carbocycles. The number of piperazine rings is 1. The Morgan fingerprint density at radius 2 is 2.00 bits per heavy atom. The Labute approximate surface area is 130 Å². The standard InChI is InChI=1S/C17H23FN2O2/c1-12-16(22)20(14-7-5-6-13(18)10-14)9-8-19(12)15(21)11-17(2,3)4/h5-7,10,12H,8-9,11H2,1-4H3/t12-/m1/s1. The molecule has 0 spiro atoms. The van der Waals surface area contributed by atoms with Crippen molar-refractivity contribution in [3.8, 4) is 0 Å². The van der Waals surface area contributed by atoms with Gasteiger partial charge in [0.2, 0.25) is 11.8 Å². The second kappa shape index (κ2) is 6.07. The van der Waals surface area contributed by atoms with E-state index in [1.54, 1.807) is 28.9 Å². The number of rotatable bonds is 2. The molecule has 0 N–H and O–H groups in total. The van der Waals surface area contributed by atoms with Crippen LogP contribution in [0.25, 0.3) is 0 Å². The number of halogens is 1. The van der Waals surface area contributed by atoms with Crippen LogP contribution in [-0.2, 0) is 9.59 Å². The zero-order valence-electron chi connectivity index (χ0n) is 13.6. The summed E-state index contributed by atoms with van der Waals surface area (Å²) in [5, 5.41) is 0. The van der Waals surface area contributed by atoms with Gasteiger partial charge in [0.05, 0.1) is 0 Å². The van der Waals surface area contributed by atoms with Gasteiger partial charge in [0, 0.05) is 25.2 Å². The number of benzene rings is 1. The minimum Gasteiger partial charge on any atom is -0.329 e. The topological polar surface area (TPSA) is 40.6 Å². The predicted molar refractivity (Wildman–Crippen MR) is 84.0 cm³/mol. The van der Waals surface area contributed by atoms with E-state index in [0.717, 1.165) is 0 Å². The van der Waals surface area contributed by atoms with Gasteiger partial charge in [-0.25, -0.2) is 4.39 Å². The van der Waals surface area contributed by atoms with Gasteiger partial charge in [-0.15, -0.1) is 0 Å². The van der Waals surface area contributed by atoms with Gasteiger partial charge in [-0.05, 0) is 30.5 Å². The van der Waals surface area contributed by atoms with Crippen molar-refractivity contribution < 1.29 is 14.0 Å². The molecule has 0 bridgehead atoms. The van der Waals surface area contributed by atoms with Gasteiger partial charge < -0.3 is 9.80 Å². The maximum Gasteiger partial charge on any atom is 0.249 e.